The van der Waals surface area contributed by atoms with Crippen molar-refractivity contribution in [3.8, 4) is 0 Å². The Balaban J connectivity index is 2.13. The molecule has 0 aromatic heterocycles. The second-order valence-corrected chi connectivity index (χ2v) is 5.77. The maximum absolute atomic E-state index is 2.75. The lowest BCUT2D eigenvalue weighted by Crippen LogP contribution is -2.50. The van der Waals surface area contributed by atoms with Crippen LogP contribution in [0.25, 0.3) is 0 Å². The molecule has 0 amide bonds. The highest BCUT2D eigenvalue weighted by molar-refractivity contribution is 4.83. The predicted octanol–water partition coefficient (Wildman–Crippen LogP) is 2.45. The predicted molar refractivity (Wildman–Crippen MR) is 64.6 cm³/mol. The summed E-state index contributed by atoms with van der Waals surface area (Å²) in [6, 6.07) is 2.39. The highest BCUT2D eigenvalue weighted by Gasteiger charge is 2.50. The molecule has 2 aliphatic heterocycles. The summed E-state index contributed by atoms with van der Waals surface area (Å²) >= 11 is 0. The molecule has 2 saturated heterocycles. The van der Waals surface area contributed by atoms with Gasteiger partial charge in [0.1, 0.15) is 12.7 Å². The van der Waals surface area contributed by atoms with Gasteiger partial charge in [0.05, 0.1) is 19.1 Å². The first-order valence-corrected chi connectivity index (χ1v) is 6.72. The average molecular weight is 211 g/mol. The normalized spacial score (nSPS) is 37.6. The molecule has 2 aliphatic rings. The third kappa shape index (κ3) is 1.72. The summed E-state index contributed by atoms with van der Waals surface area (Å²) < 4.78 is 1.39. The van der Waals surface area contributed by atoms with E-state index in [2.05, 4.69) is 32.6 Å². The van der Waals surface area contributed by atoms with E-state index in [0.717, 1.165) is 18.1 Å². The van der Waals surface area contributed by atoms with Crippen molar-refractivity contribution in [1.82, 2.24) is 4.90 Å². The van der Waals surface area contributed by atoms with E-state index < -0.39 is 0 Å². The molecule has 0 saturated carbocycles. The maximum atomic E-state index is 2.75. The van der Waals surface area contributed by atoms with Gasteiger partial charge in [-0.1, -0.05) is 6.92 Å². The van der Waals surface area contributed by atoms with Crippen LogP contribution in [0.3, 0.4) is 0 Å². The highest BCUT2D eigenvalue weighted by atomic mass is 15.5. The molecule has 0 aromatic rings. The Morgan fingerprint density at radius 1 is 1.27 bits per heavy atom. The minimum absolute atomic E-state index is 0.764. The average Bonchev–Trinajstić information content (AvgIpc) is 2.80. The van der Waals surface area contributed by atoms with E-state index in [1.165, 1.54) is 43.5 Å². The number of nitrogens with zero attached hydrogens (tertiary/aromatic N) is 2. The molecule has 0 N–H and O–H groups in total. The fraction of sp³-hybridized carbons (Fsp3) is 1.00. The van der Waals surface area contributed by atoms with Gasteiger partial charge in [0.15, 0.2) is 0 Å². The first-order chi connectivity index (χ1) is 7.10. The first-order valence-electron chi connectivity index (χ1n) is 6.72. The van der Waals surface area contributed by atoms with E-state index in [1.54, 1.807) is 0 Å². The van der Waals surface area contributed by atoms with Gasteiger partial charge in [0, 0.05) is 18.9 Å². The molecule has 1 spiro atoms. The molecule has 88 valence electrons. The highest BCUT2D eigenvalue weighted by Crippen LogP contribution is 2.35. The van der Waals surface area contributed by atoms with Crippen molar-refractivity contribution < 1.29 is 4.48 Å². The molecule has 2 fully saturated rings. The summed E-state index contributed by atoms with van der Waals surface area (Å²) in [7, 11) is 0. The summed E-state index contributed by atoms with van der Waals surface area (Å²) in [4.78, 5) is 2.75. The standard InChI is InChI=1S/C13H27N2/c1-5-11(2)14-10-15(8-6-7-9-15)13(4)12(14)3/h11-13H,5-10H2,1-4H3/q+1. The van der Waals surface area contributed by atoms with Gasteiger partial charge in [-0.25, -0.2) is 4.90 Å². The molecular formula is C13H27N2+. The summed E-state index contributed by atoms with van der Waals surface area (Å²) in [6.45, 7) is 13.8. The Morgan fingerprint density at radius 2 is 1.87 bits per heavy atom. The third-order valence-electron chi connectivity index (χ3n) is 5.14. The molecule has 3 unspecified atom stereocenters. The molecule has 0 aromatic carbocycles. The van der Waals surface area contributed by atoms with Crippen LogP contribution in [-0.4, -0.2) is 47.3 Å². The monoisotopic (exact) mass is 211 g/mol. The topological polar surface area (TPSA) is 3.24 Å². The molecule has 2 nitrogen and oxygen atoms in total. The van der Waals surface area contributed by atoms with E-state index in [0.29, 0.717) is 0 Å². The van der Waals surface area contributed by atoms with Crippen LogP contribution in [0.2, 0.25) is 0 Å². The Morgan fingerprint density at radius 3 is 2.40 bits per heavy atom. The summed E-state index contributed by atoms with van der Waals surface area (Å²) in [5.74, 6) is 0. The zero-order valence-corrected chi connectivity index (χ0v) is 10.9. The van der Waals surface area contributed by atoms with Crippen molar-refractivity contribution in [2.24, 2.45) is 0 Å². The van der Waals surface area contributed by atoms with Crippen LogP contribution < -0.4 is 0 Å². The smallest absolute Gasteiger partial charge is 0.136 e. The zero-order valence-electron chi connectivity index (χ0n) is 10.9. The van der Waals surface area contributed by atoms with Gasteiger partial charge in [-0.05, 0) is 27.2 Å². The molecule has 2 rings (SSSR count). The van der Waals surface area contributed by atoms with Crippen molar-refractivity contribution in [2.45, 2.75) is 65.1 Å². The van der Waals surface area contributed by atoms with E-state index in [1.807, 2.05) is 0 Å². The Labute approximate surface area is 94.8 Å². The van der Waals surface area contributed by atoms with E-state index in [4.69, 9.17) is 0 Å². The van der Waals surface area contributed by atoms with Crippen molar-refractivity contribution in [2.75, 3.05) is 19.8 Å². The molecule has 2 heteroatoms. The van der Waals surface area contributed by atoms with Gasteiger partial charge >= 0.3 is 0 Å². The van der Waals surface area contributed by atoms with E-state index in [9.17, 15) is 0 Å². The van der Waals surface area contributed by atoms with Crippen LogP contribution >= 0.6 is 0 Å². The second-order valence-electron chi connectivity index (χ2n) is 5.77. The third-order valence-corrected chi connectivity index (χ3v) is 5.14. The Bertz CT molecular complexity index is 221. The first kappa shape index (κ1) is 11.4. The van der Waals surface area contributed by atoms with E-state index in [-0.39, 0.29) is 0 Å². The molecule has 2 heterocycles. The van der Waals surface area contributed by atoms with Crippen molar-refractivity contribution in [1.29, 1.82) is 0 Å². The zero-order chi connectivity index (χ0) is 11.1. The van der Waals surface area contributed by atoms with Crippen molar-refractivity contribution in [3.05, 3.63) is 0 Å². The quantitative estimate of drug-likeness (QED) is 0.634. The van der Waals surface area contributed by atoms with Gasteiger partial charge in [0.2, 0.25) is 0 Å². The molecule has 3 atom stereocenters. The molecular weight excluding hydrogens is 184 g/mol. The van der Waals surface area contributed by atoms with Crippen molar-refractivity contribution in [3.63, 3.8) is 0 Å². The largest absolute Gasteiger partial charge is 0.308 e. The van der Waals surface area contributed by atoms with Gasteiger partial charge in [0.25, 0.3) is 0 Å². The lowest BCUT2D eigenvalue weighted by Gasteiger charge is -2.34. The molecule has 0 radical (unpaired) electrons. The van der Waals surface area contributed by atoms with Crippen molar-refractivity contribution >= 4 is 0 Å². The summed E-state index contributed by atoms with van der Waals surface area (Å²) in [5, 5.41) is 0. The van der Waals surface area contributed by atoms with Crippen LogP contribution in [0.5, 0.6) is 0 Å². The van der Waals surface area contributed by atoms with E-state index >= 15 is 0 Å². The minimum atomic E-state index is 0.764. The maximum Gasteiger partial charge on any atom is 0.136 e. The van der Waals surface area contributed by atoms with Crippen LogP contribution in [0.4, 0.5) is 0 Å². The fourth-order valence-corrected chi connectivity index (χ4v) is 3.61. The number of rotatable bonds is 2. The van der Waals surface area contributed by atoms with Gasteiger partial charge < -0.3 is 4.48 Å². The van der Waals surface area contributed by atoms with Gasteiger partial charge in [-0.2, -0.15) is 0 Å². The minimum Gasteiger partial charge on any atom is -0.308 e. The Kier molecular flexibility index (Phi) is 3.09. The number of hydrogen-bond donors (Lipinski definition) is 0. The van der Waals surface area contributed by atoms with Crippen LogP contribution in [0.1, 0.15) is 47.0 Å². The van der Waals surface area contributed by atoms with Crippen LogP contribution in [0.15, 0.2) is 0 Å². The second kappa shape index (κ2) is 4.06. The van der Waals surface area contributed by atoms with Gasteiger partial charge in [-0.15, -0.1) is 0 Å². The van der Waals surface area contributed by atoms with Crippen LogP contribution in [0, 0.1) is 0 Å². The molecule has 15 heavy (non-hydrogen) atoms. The number of hydrogen-bond acceptors (Lipinski definition) is 1. The Hall–Kier alpha value is -0.0800. The number of quaternary nitrogens is 1. The summed E-state index contributed by atoms with van der Waals surface area (Å²) in [5.41, 5.74) is 0. The lowest BCUT2D eigenvalue weighted by atomic mass is 10.1. The summed E-state index contributed by atoms with van der Waals surface area (Å²) in [6.07, 6.45) is 4.19. The van der Waals surface area contributed by atoms with Gasteiger partial charge in [-0.3, -0.25) is 0 Å². The lowest BCUT2D eigenvalue weighted by molar-refractivity contribution is -0.930. The fourth-order valence-electron chi connectivity index (χ4n) is 3.61. The van der Waals surface area contributed by atoms with Crippen LogP contribution in [-0.2, 0) is 0 Å². The molecule has 0 aliphatic carbocycles. The molecule has 0 bridgehead atoms. The SMILES string of the molecule is CCC(C)N1C[N+]2(CCCC2)C(C)C1C.